The van der Waals surface area contributed by atoms with Gasteiger partial charge in [-0.3, -0.25) is 9.59 Å². The zero-order valence-electron chi connectivity index (χ0n) is 15.6. The minimum absolute atomic E-state index is 0.0297. The van der Waals surface area contributed by atoms with Crippen LogP contribution in [0.4, 0.5) is 0 Å². The number of aryl methyl sites for hydroxylation is 2. The summed E-state index contributed by atoms with van der Waals surface area (Å²) in [5.41, 5.74) is 2.27. The van der Waals surface area contributed by atoms with E-state index in [-0.39, 0.29) is 17.1 Å². The molecule has 0 saturated carbocycles. The van der Waals surface area contributed by atoms with Crippen molar-refractivity contribution in [3.05, 3.63) is 91.9 Å². The Kier molecular flexibility index (Phi) is 4.88. The zero-order valence-corrected chi connectivity index (χ0v) is 16.4. The molecule has 4 aromatic rings. The molecule has 1 amide bonds. The number of carbonyl (C=O) groups is 1. The molecule has 3 aromatic heterocycles. The van der Waals surface area contributed by atoms with Gasteiger partial charge in [0.2, 0.25) is 0 Å². The highest BCUT2D eigenvalue weighted by Gasteiger charge is 2.22. The maximum absolute atomic E-state index is 13.2. The predicted octanol–water partition coefficient (Wildman–Crippen LogP) is 4.91. The fourth-order valence-corrected chi connectivity index (χ4v) is 3.98. The summed E-state index contributed by atoms with van der Waals surface area (Å²) < 4.78 is 11.2. The highest BCUT2D eigenvalue weighted by atomic mass is 32.1. The Labute approximate surface area is 165 Å². The average molecular weight is 393 g/mol. The second-order valence-electron chi connectivity index (χ2n) is 6.74. The van der Waals surface area contributed by atoms with E-state index in [1.54, 1.807) is 40.7 Å². The summed E-state index contributed by atoms with van der Waals surface area (Å²) >= 11 is 1.59. The second kappa shape index (κ2) is 7.48. The van der Waals surface area contributed by atoms with Crippen molar-refractivity contribution in [2.24, 2.45) is 0 Å². The number of rotatable bonds is 5. The molecule has 1 aromatic carbocycles. The fraction of sp³-hybridized carbons (Fsp3) is 0.182. The Bertz CT molecular complexity index is 1190. The van der Waals surface area contributed by atoms with Crippen LogP contribution < -0.4 is 5.43 Å². The third kappa shape index (κ3) is 3.64. The van der Waals surface area contributed by atoms with Gasteiger partial charge in [-0.15, -0.1) is 11.3 Å². The summed E-state index contributed by atoms with van der Waals surface area (Å²) in [6.45, 7) is 4.63. The van der Waals surface area contributed by atoms with Crippen molar-refractivity contribution >= 4 is 28.2 Å². The number of carbonyl (C=O) groups excluding carboxylic acids is 1. The third-order valence-corrected chi connectivity index (χ3v) is 5.62. The smallest absolute Gasteiger partial charge is 0.290 e. The molecule has 0 radical (unpaired) electrons. The summed E-state index contributed by atoms with van der Waals surface area (Å²) in [5, 5.41) is 2.47. The van der Waals surface area contributed by atoms with E-state index in [4.69, 9.17) is 8.83 Å². The number of amides is 1. The lowest BCUT2D eigenvalue weighted by Crippen LogP contribution is -2.30. The molecule has 0 N–H and O–H groups in total. The van der Waals surface area contributed by atoms with Crippen LogP contribution in [0.2, 0.25) is 0 Å². The third-order valence-electron chi connectivity index (χ3n) is 4.61. The molecular formula is C22H19NO4S. The van der Waals surface area contributed by atoms with Crippen molar-refractivity contribution in [2.45, 2.75) is 26.9 Å². The molecule has 0 fully saturated rings. The Balaban J connectivity index is 1.72. The summed E-state index contributed by atoms with van der Waals surface area (Å²) in [5.74, 6) is 0.354. The SMILES string of the molecule is Cc1ccc2oc(C(=O)N(Cc3ccco3)Cc3sccc3C)cc(=O)c2c1. The Morgan fingerprint density at radius 3 is 2.68 bits per heavy atom. The highest BCUT2D eigenvalue weighted by Crippen LogP contribution is 2.22. The van der Waals surface area contributed by atoms with E-state index in [2.05, 4.69) is 0 Å². The number of hydrogen-bond donors (Lipinski definition) is 0. The van der Waals surface area contributed by atoms with Crippen LogP contribution in [0.25, 0.3) is 11.0 Å². The van der Waals surface area contributed by atoms with Gasteiger partial charge in [-0.05, 0) is 55.1 Å². The van der Waals surface area contributed by atoms with Gasteiger partial charge in [0, 0.05) is 10.9 Å². The first-order chi connectivity index (χ1) is 13.5. The van der Waals surface area contributed by atoms with Crippen LogP contribution in [-0.4, -0.2) is 10.8 Å². The number of thiophene rings is 1. The van der Waals surface area contributed by atoms with Crippen molar-refractivity contribution < 1.29 is 13.6 Å². The molecule has 0 spiro atoms. The molecule has 0 aliphatic carbocycles. The number of hydrogen-bond acceptors (Lipinski definition) is 5. The van der Waals surface area contributed by atoms with E-state index in [9.17, 15) is 9.59 Å². The van der Waals surface area contributed by atoms with Crippen molar-refractivity contribution in [1.29, 1.82) is 0 Å². The van der Waals surface area contributed by atoms with Gasteiger partial charge in [0.15, 0.2) is 11.2 Å². The minimum Gasteiger partial charge on any atom is -0.467 e. The lowest BCUT2D eigenvalue weighted by molar-refractivity contribution is 0.0687. The molecule has 0 saturated heterocycles. The highest BCUT2D eigenvalue weighted by molar-refractivity contribution is 7.10. The molecule has 6 heteroatoms. The summed E-state index contributed by atoms with van der Waals surface area (Å²) in [6.07, 6.45) is 1.58. The van der Waals surface area contributed by atoms with Crippen LogP contribution in [0.15, 0.2) is 67.7 Å². The molecular weight excluding hydrogens is 374 g/mol. The second-order valence-corrected chi connectivity index (χ2v) is 7.74. The van der Waals surface area contributed by atoms with Crippen LogP contribution in [0.3, 0.4) is 0 Å². The monoisotopic (exact) mass is 393 g/mol. The minimum atomic E-state index is -0.344. The van der Waals surface area contributed by atoms with Crippen LogP contribution >= 0.6 is 11.3 Å². The number of nitrogens with zero attached hydrogens (tertiary/aromatic N) is 1. The van der Waals surface area contributed by atoms with Gasteiger partial charge in [-0.2, -0.15) is 0 Å². The van der Waals surface area contributed by atoms with Gasteiger partial charge in [0.05, 0.1) is 24.7 Å². The van der Waals surface area contributed by atoms with Gasteiger partial charge in [-0.1, -0.05) is 11.6 Å². The molecule has 142 valence electrons. The quantitative estimate of drug-likeness (QED) is 0.483. The van der Waals surface area contributed by atoms with E-state index >= 15 is 0 Å². The van der Waals surface area contributed by atoms with E-state index < -0.39 is 0 Å². The average Bonchev–Trinajstić information content (AvgIpc) is 3.33. The van der Waals surface area contributed by atoms with Crippen molar-refractivity contribution in [3.8, 4) is 0 Å². The normalized spacial score (nSPS) is 11.1. The first kappa shape index (κ1) is 18.3. The van der Waals surface area contributed by atoms with Crippen molar-refractivity contribution in [1.82, 2.24) is 4.90 Å². The van der Waals surface area contributed by atoms with E-state index in [0.717, 1.165) is 16.0 Å². The maximum Gasteiger partial charge on any atom is 0.290 e. The Hall–Kier alpha value is -3.12. The molecule has 28 heavy (non-hydrogen) atoms. The predicted molar refractivity (Wildman–Crippen MR) is 109 cm³/mol. The first-order valence-corrected chi connectivity index (χ1v) is 9.78. The molecule has 0 aliphatic heterocycles. The molecule has 0 unspecified atom stereocenters. The number of benzene rings is 1. The molecule has 4 rings (SSSR count). The largest absolute Gasteiger partial charge is 0.467 e. The summed E-state index contributed by atoms with van der Waals surface area (Å²) in [4.78, 5) is 28.5. The number of fused-ring (bicyclic) bond motifs is 1. The maximum atomic E-state index is 13.2. The molecule has 3 heterocycles. The van der Waals surface area contributed by atoms with Gasteiger partial charge in [0.25, 0.3) is 5.91 Å². The van der Waals surface area contributed by atoms with Gasteiger partial charge in [0.1, 0.15) is 11.3 Å². The van der Waals surface area contributed by atoms with Crippen LogP contribution in [-0.2, 0) is 13.1 Å². The van der Waals surface area contributed by atoms with Crippen molar-refractivity contribution in [3.63, 3.8) is 0 Å². The van der Waals surface area contributed by atoms with Crippen LogP contribution in [0.1, 0.15) is 32.3 Å². The Morgan fingerprint density at radius 2 is 1.96 bits per heavy atom. The standard InChI is InChI=1S/C22H19NO4S/c1-14-5-6-19-17(10-14)18(24)11-20(27-19)22(25)23(12-16-4-3-8-26-16)13-21-15(2)7-9-28-21/h3-11H,12-13H2,1-2H3. The lowest BCUT2D eigenvalue weighted by atomic mass is 10.1. The fourth-order valence-electron chi connectivity index (χ4n) is 3.06. The van der Waals surface area contributed by atoms with Gasteiger partial charge in [-0.25, -0.2) is 0 Å². The zero-order chi connectivity index (χ0) is 19.7. The molecule has 0 atom stereocenters. The lowest BCUT2D eigenvalue weighted by Gasteiger charge is -2.21. The molecule has 0 aliphatic rings. The molecule has 0 bridgehead atoms. The summed E-state index contributed by atoms with van der Waals surface area (Å²) in [6, 6.07) is 12.3. The number of furan rings is 1. The van der Waals surface area contributed by atoms with Gasteiger partial charge >= 0.3 is 0 Å². The van der Waals surface area contributed by atoms with E-state index in [1.165, 1.54) is 6.07 Å². The summed E-state index contributed by atoms with van der Waals surface area (Å²) in [7, 11) is 0. The van der Waals surface area contributed by atoms with Crippen molar-refractivity contribution in [2.75, 3.05) is 0 Å². The Morgan fingerprint density at radius 1 is 1.11 bits per heavy atom. The van der Waals surface area contributed by atoms with Crippen LogP contribution in [0, 0.1) is 13.8 Å². The topological polar surface area (TPSA) is 63.7 Å². The van der Waals surface area contributed by atoms with E-state index in [0.29, 0.717) is 29.8 Å². The van der Waals surface area contributed by atoms with Gasteiger partial charge < -0.3 is 13.7 Å². The first-order valence-electron chi connectivity index (χ1n) is 8.90. The van der Waals surface area contributed by atoms with Crippen LogP contribution in [0.5, 0.6) is 0 Å². The molecule has 5 nitrogen and oxygen atoms in total. The van der Waals surface area contributed by atoms with E-state index in [1.807, 2.05) is 37.4 Å².